The van der Waals surface area contributed by atoms with E-state index in [0.717, 1.165) is 30.9 Å². The highest BCUT2D eigenvalue weighted by atomic mass is 16.4. The summed E-state index contributed by atoms with van der Waals surface area (Å²) >= 11 is 0. The average Bonchev–Trinajstić information content (AvgIpc) is 3.18. The van der Waals surface area contributed by atoms with Crippen molar-refractivity contribution in [1.29, 1.82) is 0 Å². The van der Waals surface area contributed by atoms with Crippen molar-refractivity contribution in [3.05, 3.63) is 95.1 Å². The number of likely N-dealkylation sites (tertiary alicyclic amines) is 1. The summed E-state index contributed by atoms with van der Waals surface area (Å²) in [5.74, 6) is -1.05. The third-order valence-corrected chi connectivity index (χ3v) is 6.32. The lowest BCUT2D eigenvalue weighted by molar-refractivity contribution is 0.0697. The zero-order valence-electron chi connectivity index (χ0n) is 18.9. The normalized spacial score (nSPS) is 15.0. The van der Waals surface area contributed by atoms with Crippen molar-refractivity contribution in [3.8, 4) is 5.88 Å². The molecule has 0 aliphatic carbocycles. The van der Waals surface area contributed by atoms with Crippen molar-refractivity contribution in [2.75, 3.05) is 13.1 Å². The lowest BCUT2D eigenvalue weighted by atomic mass is 9.99. The molecule has 4 aromatic rings. The van der Waals surface area contributed by atoms with Gasteiger partial charge in [0.15, 0.2) is 5.88 Å². The average molecular weight is 454 g/mol. The largest absolute Gasteiger partial charge is 0.494 e. The number of aliphatic imine (C=N–C) groups is 1. The Hall–Kier alpha value is -3.90. The maximum Gasteiger partial charge on any atom is 0.335 e. The van der Waals surface area contributed by atoms with E-state index in [4.69, 9.17) is 4.99 Å². The van der Waals surface area contributed by atoms with E-state index < -0.39 is 5.97 Å². The minimum absolute atomic E-state index is 0.0374. The van der Waals surface area contributed by atoms with Crippen LogP contribution in [0.1, 0.15) is 46.3 Å². The quantitative estimate of drug-likeness (QED) is 0.326. The minimum Gasteiger partial charge on any atom is -0.494 e. The smallest absolute Gasteiger partial charge is 0.335 e. The first-order valence-corrected chi connectivity index (χ1v) is 11.6. The molecule has 1 aliphatic heterocycles. The van der Waals surface area contributed by atoms with E-state index in [1.165, 1.54) is 30.9 Å². The molecule has 3 aromatic carbocycles. The number of carboxylic acids is 1. The van der Waals surface area contributed by atoms with E-state index in [1.54, 1.807) is 12.1 Å². The summed E-state index contributed by atoms with van der Waals surface area (Å²) in [6.45, 7) is 3.14. The Morgan fingerprint density at radius 1 is 0.912 bits per heavy atom. The number of fused-ring (bicyclic) bond motifs is 1. The van der Waals surface area contributed by atoms with Crippen LogP contribution in [0, 0.1) is 0 Å². The number of hydrogen-bond donors (Lipinski definition) is 3. The second-order valence-corrected chi connectivity index (χ2v) is 8.75. The van der Waals surface area contributed by atoms with E-state index >= 15 is 0 Å². The molecule has 1 aliphatic rings. The molecule has 3 N–H and O–H groups in total. The summed E-state index contributed by atoms with van der Waals surface area (Å²) in [6, 6.07) is 22.6. The molecule has 1 aromatic heterocycles. The topological polar surface area (TPSA) is 88.9 Å². The predicted octanol–water partition coefficient (Wildman–Crippen LogP) is 5.73. The molecule has 0 saturated carbocycles. The van der Waals surface area contributed by atoms with Crippen LogP contribution >= 0.6 is 0 Å². The van der Waals surface area contributed by atoms with Crippen LogP contribution in [0.3, 0.4) is 0 Å². The Morgan fingerprint density at radius 2 is 1.71 bits per heavy atom. The molecule has 6 nitrogen and oxygen atoms in total. The van der Waals surface area contributed by atoms with Gasteiger partial charge in [0.1, 0.15) is 0 Å². The van der Waals surface area contributed by atoms with Crippen LogP contribution in [0.2, 0.25) is 0 Å². The van der Waals surface area contributed by atoms with Gasteiger partial charge in [-0.15, -0.1) is 0 Å². The van der Waals surface area contributed by atoms with Gasteiger partial charge in [-0.05, 0) is 61.8 Å². The Kier molecular flexibility index (Phi) is 6.14. The van der Waals surface area contributed by atoms with Crippen LogP contribution < -0.4 is 0 Å². The Labute approximate surface area is 198 Å². The molecular weight excluding hydrogens is 426 g/mol. The van der Waals surface area contributed by atoms with Gasteiger partial charge in [-0.3, -0.25) is 4.90 Å². The lowest BCUT2D eigenvalue weighted by Crippen LogP contribution is -2.28. The molecule has 172 valence electrons. The molecular formula is C28H27N3O3. The number of hydrogen-bond acceptors (Lipinski definition) is 4. The summed E-state index contributed by atoms with van der Waals surface area (Å²) < 4.78 is 0. The molecule has 0 bridgehead atoms. The summed E-state index contributed by atoms with van der Waals surface area (Å²) in [7, 11) is 0. The molecule has 0 amide bonds. The van der Waals surface area contributed by atoms with Gasteiger partial charge < -0.3 is 15.2 Å². The van der Waals surface area contributed by atoms with Gasteiger partial charge in [0.05, 0.1) is 22.5 Å². The van der Waals surface area contributed by atoms with Crippen molar-refractivity contribution in [1.82, 2.24) is 9.88 Å². The van der Waals surface area contributed by atoms with E-state index in [1.807, 2.05) is 42.5 Å². The number of aromatic carboxylic acids is 1. The third-order valence-electron chi connectivity index (χ3n) is 6.32. The number of H-pyrrole nitrogens is 1. The van der Waals surface area contributed by atoms with Gasteiger partial charge in [0.25, 0.3) is 0 Å². The summed E-state index contributed by atoms with van der Waals surface area (Å²) in [4.78, 5) is 22.0. The molecule has 0 radical (unpaired) electrons. The van der Waals surface area contributed by atoms with Gasteiger partial charge in [-0.2, -0.15) is 0 Å². The molecule has 5 rings (SSSR count). The SMILES string of the molecule is O=C(O)c1ccc2[nH]c(O)c(C(=Nc3cccc(CN4CCCCC4)c3)c3ccccc3)c2c1. The highest BCUT2D eigenvalue weighted by Gasteiger charge is 2.20. The van der Waals surface area contributed by atoms with Crippen LogP contribution in [-0.4, -0.2) is 44.9 Å². The monoisotopic (exact) mass is 453 g/mol. The molecule has 1 fully saturated rings. The first kappa shape index (κ1) is 21.9. The molecule has 2 heterocycles. The fourth-order valence-electron chi connectivity index (χ4n) is 4.64. The number of benzene rings is 3. The van der Waals surface area contributed by atoms with Gasteiger partial charge >= 0.3 is 5.97 Å². The standard InChI is InChI=1S/C28H27N3O3/c32-27-25(23-17-21(28(33)34)12-13-24(23)30-27)26(20-9-3-1-4-10-20)29-22-11-7-8-19(16-22)18-31-14-5-2-6-15-31/h1,3-4,7-13,16-17,30,32H,2,5-6,14-15,18H2,(H,33,34). The van der Waals surface area contributed by atoms with Gasteiger partial charge in [-0.25, -0.2) is 9.79 Å². The number of carboxylic acid groups (broad SMARTS) is 1. The zero-order valence-corrected chi connectivity index (χ0v) is 18.9. The number of aromatic amines is 1. The predicted molar refractivity (Wildman–Crippen MR) is 134 cm³/mol. The van der Waals surface area contributed by atoms with Crippen LogP contribution in [0.15, 0.2) is 77.8 Å². The maximum atomic E-state index is 11.6. The second kappa shape index (κ2) is 9.53. The highest BCUT2D eigenvalue weighted by molar-refractivity contribution is 6.22. The molecule has 6 heteroatoms. The Morgan fingerprint density at radius 3 is 2.47 bits per heavy atom. The van der Waals surface area contributed by atoms with Gasteiger partial charge in [-0.1, -0.05) is 48.9 Å². The van der Waals surface area contributed by atoms with Crippen molar-refractivity contribution >= 4 is 28.3 Å². The zero-order chi connectivity index (χ0) is 23.5. The van der Waals surface area contributed by atoms with Crippen molar-refractivity contribution in [3.63, 3.8) is 0 Å². The molecule has 0 spiro atoms. The maximum absolute atomic E-state index is 11.6. The molecule has 0 unspecified atom stereocenters. The lowest BCUT2D eigenvalue weighted by Gasteiger charge is -2.26. The fourth-order valence-corrected chi connectivity index (χ4v) is 4.64. The van der Waals surface area contributed by atoms with E-state index in [2.05, 4.69) is 22.0 Å². The summed E-state index contributed by atoms with van der Waals surface area (Å²) in [5.41, 5.74) is 4.71. The first-order valence-electron chi connectivity index (χ1n) is 11.6. The number of piperidine rings is 1. The molecule has 0 atom stereocenters. The van der Waals surface area contributed by atoms with E-state index in [-0.39, 0.29) is 11.4 Å². The van der Waals surface area contributed by atoms with Crippen LogP contribution in [0.25, 0.3) is 10.9 Å². The first-order chi connectivity index (χ1) is 16.6. The van der Waals surface area contributed by atoms with Crippen LogP contribution in [0.5, 0.6) is 5.88 Å². The van der Waals surface area contributed by atoms with Crippen LogP contribution in [-0.2, 0) is 6.54 Å². The Balaban J connectivity index is 1.61. The number of nitrogens with one attached hydrogen (secondary N) is 1. The second-order valence-electron chi connectivity index (χ2n) is 8.75. The molecule has 34 heavy (non-hydrogen) atoms. The van der Waals surface area contributed by atoms with Crippen molar-refractivity contribution in [2.24, 2.45) is 4.99 Å². The fraction of sp³-hybridized carbons (Fsp3) is 0.214. The number of aromatic hydroxyl groups is 1. The van der Waals surface area contributed by atoms with E-state index in [0.29, 0.717) is 22.2 Å². The van der Waals surface area contributed by atoms with Crippen molar-refractivity contribution in [2.45, 2.75) is 25.8 Å². The Bertz CT molecular complexity index is 1350. The van der Waals surface area contributed by atoms with Gasteiger partial charge in [0.2, 0.25) is 0 Å². The number of nitrogens with zero attached hydrogens (tertiary/aromatic N) is 2. The molecule has 1 saturated heterocycles. The minimum atomic E-state index is -1.02. The highest BCUT2D eigenvalue weighted by Crippen LogP contribution is 2.32. The number of carbonyl (C=O) groups is 1. The van der Waals surface area contributed by atoms with E-state index in [9.17, 15) is 15.0 Å². The number of aromatic nitrogens is 1. The summed E-state index contributed by atoms with van der Waals surface area (Å²) in [6.07, 6.45) is 3.79. The van der Waals surface area contributed by atoms with Gasteiger partial charge in [0, 0.05) is 23.0 Å². The summed E-state index contributed by atoms with van der Waals surface area (Å²) in [5, 5.41) is 21.0. The number of rotatable bonds is 6. The third kappa shape index (κ3) is 4.58. The van der Waals surface area contributed by atoms with Crippen LogP contribution in [0.4, 0.5) is 5.69 Å². The van der Waals surface area contributed by atoms with Crippen molar-refractivity contribution < 1.29 is 15.0 Å².